The molecule has 0 aliphatic heterocycles. The molecule has 0 fully saturated rings. The number of benzene rings is 1. The van der Waals surface area contributed by atoms with Gasteiger partial charge in [-0.15, -0.1) is 10.2 Å². The lowest BCUT2D eigenvalue weighted by molar-refractivity contribution is 0.311. The first-order valence-electron chi connectivity index (χ1n) is 5.98. The summed E-state index contributed by atoms with van der Waals surface area (Å²) in [5.41, 5.74) is 2.67. The summed E-state index contributed by atoms with van der Waals surface area (Å²) in [6.45, 7) is 0.655. The fourth-order valence-electron chi connectivity index (χ4n) is 1.89. The smallest absolute Gasteiger partial charge is 0.179 e. The Labute approximate surface area is 109 Å². The SMILES string of the molecule is OCCNc1ccc(-c2nnc3cnccn23)cc1. The highest BCUT2D eigenvalue weighted by Crippen LogP contribution is 2.19. The predicted octanol–water partition coefficient (Wildman–Crippen LogP) is 1.20. The molecule has 2 aromatic heterocycles. The Kier molecular flexibility index (Phi) is 3.07. The van der Waals surface area contributed by atoms with E-state index in [0.717, 1.165) is 22.7 Å². The van der Waals surface area contributed by atoms with Crippen molar-refractivity contribution in [2.75, 3.05) is 18.5 Å². The maximum absolute atomic E-state index is 8.76. The second-order valence-corrected chi connectivity index (χ2v) is 4.06. The molecule has 0 saturated carbocycles. The Hall–Kier alpha value is -2.47. The number of rotatable bonds is 4. The third kappa shape index (κ3) is 2.25. The summed E-state index contributed by atoms with van der Waals surface area (Å²) >= 11 is 0. The average molecular weight is 255 g/mol. The van der Waals surface area contributed by atoms with Crippen LogP contribution >= 0.6 is 0 Å². The van der Waals surface area contributed by atoms with Crippen LogP contribution in [0.2, 0.25) is 0 Å². The van der Waals surface area contributed by atoms with Gasteiger partial charge in [-0.2, -0.15) is 0 Å². The number of anilines is 1. The van der Waals surface area contributed by atoms with Gasteiger partial charge in [0.05, 0.1) is 12.8 Å². The minimum absolute atomic E-state index is 0.115. The number of aromatic nitrogens is 4. The molecule has 2 N–H and O–H groups in total. The maximum atomic E-state index is 8.76. The molecule has 3 aromatic rings. The van der Waals surface area contributed by atoms with Gasteiger partial charge in [0.2, 0.25) is 0 Å². The van der Waals surface area contributed by atoms with Crippen molar-refractivity contribution < 1.29 is 5.11 Å². The minimum Gasteiger partial charge on any atom is -0.395 e. The van der Waals surface area contributed by atoms with Gasteiger partial charge < -0.3 is 10.4 Å². The van der Waals surface area contributed by atoms with Crippen LogP contribution in [0.4, 0.5) is 5.69 Å². The molecular weight excluding hydrogens is 242 g/mol. The fraction of sp³-hybridized carbons (Fsp3) is 0.154. The van der Waals surface area contributed by atoms with E-state index in [-0.39, 0.29) is 6.61 Å². The highest BCUT2D eigenvalue weighted by Gasteiger charge is 2.07. The number of nitrogens with zero attached hydrogens (tertiary/aromatic N) is 4. The summed E-state index contributed by atoms with van der Waals surface area (Å²) in [4.78, 5) is 4.01. The van der Waals surface area contributed by atoms with Crippen LogP contribution in [0.15, 0.2) is 42.9 Å². The fourth-order valence-corrected chi connectivity index (χ4v) is 1.89. The summed E-state index contributed by atoms with van der Waals surface area (Å²) < 4.78 is 1.89. The van der Waals surface area contributed by atoms with Crippen LogP contribution in [0.3, 0.4) is 0 Å². The van der Waals surface area contributed by atoms with Gasteiger partial charge in [-0.05, 0) is 24.3 Å². The van der Waals surface area contributed by atoms with E-state index in [9.17, 15) is 0 Å². The van der Waals surface area contributed by atoms with Crippen molar-refractivity contribution in [3.05, 3.63) is 42.9 Å². The molecule has 0 bridgehead atoms. The van der Waals surface area contributed by atoms with Gasteiger partial charge >= 0.3 is 0 Å². The molecule has 0 radical (unpaired) electrons. The van der Waals surface area contributed by atoms with Crippen LogP contribution in [0.25, 0.3) is 17.0 Å². The third-order valence-electron chi connectivity index (χ3n) is 2.80. The quantitative estimate of drug-likeness (QED) is 0.732. The van der Waals surface area contributed by atoms with Crippen LogP contribution in [0.1, 0.15) is 0 Å². The van der Waals surface area contributed by atoms with Crippen molar-refractivity contribution in [2.24, 2.45) is 0 Å². The zero-order valence-corrected chi connectivity index (χ0v) is 10.2. The van der Waals surface area contributed by atoms with Gasteiger partial charge in [0.15, 0.2) is 11.5 Å². The van der Waals surface area contributed by atoms with Gasteiger partial charge in [-0.25, -0.2) is 0 Å². The van der Waals surface area contributed by atoms with Gasteiger partial charge in [0.25, 0.3) is 0 Å². The molecule has 96 valence electrons. The van der Waals surface area contributed by atoms with Crippen LogP contribution in [0.5, 0.6) is 0 Å². The van der Waals surface area contributed by atoms with Crippen molar-refractivity contribution in [1.29, 1.82) is 0 Å². The molecule has 0 unspecified atom stereocenters. The molecular formula is C13H13N5O. The van der Waals surface area contributed by atoms with Crippen LogP contribution in [0, 0.1) is 0 Å². The van der Waals surface area contributed by atoms with Gasteiger partial charge in [0, 0.05) is 30.2 Å². The van der Waals surface area contributed by atoms with Crippen LogP contribution in [-0.4, -0.2) is 37.8 Å². The molecule has 3 rings (SSSR count). The topological polar surface area (TPSA) is 75.3 Å². The van der Waals surface area contributed by atoms with E-state index in [1.54, 1.807) is 12.4 Å². The number of nitrogens with one attached hydrogen (secondary N) is 1. The van der Waals surface area contributed by atoms with E-state index in [1.807, 2.05) is 34.9 Å². The summed E-state index contributed by atoms with van der Waals surface area (Å²) in [6, 6.07) is 7.84. The molecule has 0 amide bonds. The normalized spacial score (nSPS) is 10.8. The monoisotopic (exact) mass is 255 g/mol. The number of hydrogen-bond acceptors (Lipinski definition) is 5. The van der Waals surface area contributed by atoms with Crippen molar-refractivity contribution >= 4 is 11.3 Å². The Morgan fingerprint density at radius 2 is 2.00 bits per heavy atom. The van der Waals surface area contributed by atoms with Crippen molar-refractivity contribution in [1.82, 2.24) is 19.6 Å². The highest BCUT2D eigenvalue weighted by atomic mass is 16.3. The van der Waals surface area contributed by atoms with Crippen LogP contribution < -0.4 is 5.32 Å². The molecule has 0 atom stereocenters. The predicted molar refractivity (Wildman–Crippen MR) is 71.8 cm³/mol. The number of aliphatic hydroxyl groups is 1. The largest absolute Gasteiger partial charge is 0.395 e. The summed E-state index contributed by atoms with van der Waals surface area (Å²) in [5, 5.41) is 20.1. The minimum atomic E-state index is 0.115. The molecule has 0 aliphatic carbocycles. The molecule has 0 saturated heterocycles. The lowest BCUT2D eigenvalue weighted by Crippen LogP contribution is -2.04. The molecule has 1 aromatic carbocycles. The zero-order valence-electron chi connectivity index (χ0n) is 10.2. The molecule has 2 heterocycles. The number of fused-ring (bicyclic) bond motifs is 1. The first-order chi connectivity index (χ1) is 9.38. The zero-order chi connectivity index (χ0) is 13.1. The van der Waals surface area contributed by atoms with E-state index in [0.29, 0.717) is 6.54 Å². The van der Waals surface area contributed by atoms with E-state index >= 15 is 0 Å². The lowest BCUT2D eigenvalue weighted by Gasteiger charge is -2.05. The van der Waals surface area contributed by atoms with Gasteiger partial charge in [-0.1, -0.05) is 0 Å². The Bertz CT molecular complexity index is 677. The van der Waals surface area contributed by atoms with Crippen LogP contribution in [-0.2, 0) is 0 Å². The average Bonchev–Trinajstić information content (AvgIpc) is 2.90. The van der Waals surface area contributed by atoms with Crippen molar-refractivity contribution in [2.45, 2.75) is 0 Å². The second kappa shape index (κ2) is 5.03. The van der Waals surface area contributed by atoms with Gasteiger partial charge in [0.1, 0.15) is 0 Å². The third-order valence-corrected chi connectivity index (χ3v) is 2.80. The van der Waals surface area contributed by atoms with Gasteiger partial charge in [-0.3, -0.25) is 9.38 Å². The molecule has 6 heteroatoms. The van der Waals surface area contributed by atoms with E-state index in [1.165, 1.54) is 0 Å². The first kappa shape index (κ1) is 11.6. The summed E-state index contributed by atoms with van der Waals surface area (Å²) in [6.07, 6.45) is 5.22. The summed E-state index contributed by atoms with van der Waals surface area (Å²) in [7, 11) is 0. The van der Waals surface area contributed by atoms with E-state index in [4.69, 9.17) is 5.11 Å². The Morgan fingerprint density at radius 3 is 2.79 bits per heavy atom. The number of hydrogen-bond donors (Lipinski definition) is 2. The maximum Gasteiger partial charge on any atom is 0.179 e. The standard InChI is InChI=1S/C13H13N5O/c19-8-6-15-11-3-1-10(2-4-11)13-17-16-12-9-14-5-7-18(12)13/h1-5,7,9,15,19H,6,8H2. The highest BCUT2D eigenvalue weighted by molar-refractivity contribution is 5.62. The molecule has 6 nitrogen and oxygen atoms in total. The number of aliphatic hydroxyl groups excluding tert-OH is 1. The molecule has 19 heavy (non-hydrogen) atoms. The molecule has 0 aliphatic rings. The second-order valence-electron chi connectivity index (χ2n) is 4.06. The Morgan fingerprint density at radius 1 is 1.16 bits per heavy atom. The summed E-state index contributed by atoms with van der Waals surface area (Å²) in [5.74, 6) is 0.783. The lowest BCUT2D eigenvalue weighted by atomic mass is 10.2. The first-order valence-corrected chi connectivity index (χ1v) is 5.98. The Balaban J connectivity index is 1.93. The molecule has 0 spiro atoms. The van der Waals surface area contributed by atoms with Crippen molar-refractivity contribution in [3.63, 3.8) is 0 Å². The van der Waals surface area contributed by atoms with E-state index in [2.05, 4.69) is 20.5 Å². The van der Waals surface area contributed by atoms with E-state index < -0.39 is 0 Å². The van der Waals surface area contributed by atoms with Crippen molar-refractivity contribution in [3.8, 4) is 11.4 Å².